The van der Waals surface area contributed by atoms with Crippen LogP contribution in [0, 0.1) is 6.92 Å². The van der Waals surface area contributed by atoms with Gasteiger partial charge in [0.25, 0.3) is 10.0 Å². The molecule has 0 fully saturated rings. The number of aryl methyl sites for hydroxylation is 1. The molecule has 248 valence electrons. The van der Waals surface area contributed by atoms with Crippen LogP contribution in [0.15, 0.2) is 112 Å². The molecule has 0 bridgehead atoms. The van der Waals surface area contributed by atoms with Gasteiger partial charge in [-0.1, -0.05) is 83.0 Å². The maximum atomic E-state index is 14.6. The zero-order valence-electron chi connectivity index (χ0n) is 27.2. The second kappa shape index (κ2) is 16.6. The highest BCUT2D eigenvalue weighted by molar-refractivity contribution is 9.10. The van der Waals surface area contributed by atoms with Gasteiger partial charge in [0, 0.05) is 23.5 Å². The van der Waals surface area contributed by atoms with E-state index in [4.69, 9.17) is 4.74 Å². The summed E-state index contributed by atoms with van der Waals surface area (Å²) in [5.74, 6) is -0.269. The predicted octanol–water partition coefficient (Wildman–Crippen LogP) is 6.91. The highest BCUT2D eigenvalue weighted by atomic mass is 79.9. The molecule has 0 aliphatic carbocycles. The minimum Gasteiger partial charge on any atom is -0.494 e. The fraction of sp³-hybridized carbons (Fsp3) is 0.297. The maximum absolute atomic E-state index is 14.6. The number of carbonyl (C=O) groups excluding carboxylic acids is 2. The number of rotatable bonds is 15. The van der Waals surface area contributed by atoms with Crippen molar-refractivity contribution in [2.75, 3.05) is 17.5 Å². The molecule has 0 aromatic heterocycles. The molecular formula is C37H42BrN3O5S. The standard InChI is InChI=1S/C37H42BrN3O5S/c1-5-28(4)39-37(43)35(24-29-10-8-7-9-11-29)40(25-30-14-16-31(38)17-15-30)36(42)26-41(32-18-12-27(3)13-19-32)47(44,45)34-22-20-33(21-23-34)46-6-2/h7-23,28,35H,5-6,24-26H2,1-4H3,(H,39,43)/t28-,35+/m1/s1. The quantitative estimate of drug-likeness (QED) is 0.144. The third-order valence-corrected chi connectivity index (χ3v) is 10.2. The molecule has 0 saturated carbocycles. The Morgan fingerprint density at radius 1 is 0.851 bits per heavy atom. The lowest BCUT2D eigenvalue weighted by molar-refractivity contribution is -0.140. The monoisotopic (exact) mass is 719 g/mol. The molecule has 2 amide bonds. The first-order chi connectivity index (χ1) is 22.5. The van der Waals surface area contributed by atoms with Gasteiger partial charge in [-0.05, 0) is 86.8 Å². The molecule has 8 nitrogen and oxygen atoms in total. The SMILES string of the molecule is CCOc1ccc(S(=O)(=O)N(CC(=O)N(Cc2ccc(Br)cc2)[C@@H](Cc2ccccc2)C(=O)N[C@H](C)CC)c2ccc(C)cc2)cc1. The Hall–Kier alpha value is -4.15. The normalized spacial score (nSPS) is 12.5. The number of carbonyl (C=O) groups is 2. The Labute approximate surface area is 286 Å². The van der Waals surface area contributed by atoms with Gasteiger partial charge in [-0.3, -0.25) is 13.9 Å². The minimum absolute atomic E-state index is 0.0177. The van der Waals surface area contributed by atoms with Crippen LogP contribution in [0.25, 0.3) is 0 Å². The van der Waals surface area contributed by atoms with E-state index in [0.717, 1.165) is 25.5 Å². The van der Waals surface area contributed by atoms with Gasteiger partial charge >= 0.3 is 0 Å². The van der Waals surface area contributed by atoms with Crippen LogP contribution in [0.2, 0.25) is 0 Å². The summed E-state index contributed by atoms with van der Waals surface area (Å²) in [7, 11) is -4.21. The number of halogens is 1. The molecule has 0 aliphatic rings. The number of sulfonamides is 1. The lowest BCUT2D eigenvalue weighted by atomic mass is 10.0. The first-order valence-electron chi connectivity index (χ1n) is 15.7. The molecular weight excluding hydrogens is 678 g/mol. The van der Waals surface area contributed by atoms with E-state index in [1.54, 1.807) is 36.4 Å². The average molecular weight is 721 g/mol. The zero-order valence-corrected chi connectivity index (χ0v) is 29.6. The third kappa shape index (κ3) is 9.68. The van der Waals surface area contributed by atoms with Crippen molar-refractivity contribution in [3.63, 3.8) is 0 Å². The molecule has 47 heavy (non-hydrogen) atoms. The molecule has 4 aromatic rings. The van der Waals surface area contributed by atoms with Crippen LogP contribution in [-0.4, -0.2) is 50.4 Å². The van der Waals surface area contributed by atoms with Crippen molar-refractivity contribution >= 4 is 43.5 Å². The molecule has 0 saturated heterocycles. The van der Waals surface area contributed by atoms with Crippen molar-refractivity contribution < 1.29 is 22.7 Å². The predicted molar refractivity (Wildman–Crippen MR) is 190 cm³/mol. The lowest BCUT2D eigenvalue weighted by Crippen LogP contribution is -2.54. The molecule has 0 unspecified atom stereocenters. The highest BCUT2D eigenvalue weighted by Crippen LogP contribution is 2.27. The number of nitrogens with one attached hydrogen (secondary N) is 1. The van der Waals surface area contributed by atoms with Crippen molar-refractivity contribution in [3.8, 4) is 5.75 Å². The van der Waals surface area contributed by atoms with E-state index < -0.39 is 28.5 Å². The Bertz CT molecular complexity index is 1720. The number of hydrogen-bond acceptors (Lipinski definition) is 5. The van der Waals surface area contributed by atoms with E-state index in [0.29, 0.717) is 24.5 Å². The highest BCUT2D eigenvalue weighted by Gasteiger charge is 2.35. The van der Waals surface area contributed by atoms with Crippen LogP contribution >= 0.6 is 15.9 Å². The van der Waals surface area contributed by atoms with Crippen LogP contribution in [0.3, 0.4) is 0 Å². The molecule has 0 aliphatic heterocycles. The Morgan fingerprint density at radius 3 is 2.09 bits per heavy atom. The summed E-state index contributed by atoms with van der Waals surface area (Å²) < 4.78 is 36.0. The topological polar surface area (TPSA) is 96.0 Å². The average Bonchev–Trinajstić information content (AvgIpc) is 3.07. The molecule has 4 rings (SSSR count). The van der Waals surface area contributed by atoms with Crippen molar-refractivity contribution in [1.82, 2.24) is 10.2 Å². The fourth-order valence-electron chi connectivity index (χ4n) is 5.02. The fourth-order valence-corrected chi connectivity index (χ4v) is 6.70. The van der Waals surface area contributed by atoms with E-state index in [1.807, 2.05) is 82.3 Å². The smallest absolute Gasteiger partial charge is 0.264 e. The van der Waals surface area contributed by atoms with Gasteiger partial charge in [-0.25, -0.2) is 8.42 Å². The van der Waals surface area contributed by atoms with Gasteiger partial charge in [0.2, 0.25) is 11.8 Å². The van der Waals surface area contributed by atoms with Gasteiger partial charge in [-0.15, -0.1) is 0 Å². The van der Waals surface area contributed by atoms with E-state index >= 15 is 0 Å². The maximum Gasteiger partial charge on any atom is 0.264 e. The summed E-state index contributed by atoms with van der Waals surface area (Å²) in [6.45, 7) is 7.68. The summed E-state index contributed by atoms with van der Waals surface area (Å²) in [5, 5.41) is 3.06. The van der Waals surface area contributed by atoms with Gasteiger partial charge in [0.05, 0.1) is 17.2 Å². The summed E-state index contributed by atoms with van der Waals surface area (Å²) in [6, 6.07) is 29.1. The molecule has 1 N–H and O–H groups in total. The van der Waals surface area contributed by atoms with Crippen LogP contribution in [-0.2, 0) is 32.6 Å². The molecule has 2 atom stereocenters. The third-order valence-electron chi connectivity index (χ3n) is 7.86. The number of nitrogens with zero attached hydrogens (tertiary/aromatic N) is 2. The summed E-state index contributed by atoms with van der Waals surface area (Å²) in [6.07, 6.45) is 0.966. The number of benzene rings is 4. The van der Waals surface area contributed by atoms with Crippen LogP contribution in [0.1, 0.15) is 43.9 Å². The second-order valence-electron chi connectivity index (χ2n) is 11.4. The van der Waals surface area contributed by atoms with Crippen LogP contribution in [0.4, 0.5) is 5.69 Å². The summed E-state index contributed by atoms with van der Waals surface area (Å²) >= 11 is 3.47. The largest absolute Gasteiger partial charge is 0.494 e. The number of ether oxygens (including phenoxy) is 1. The van der Waals surface area contributed by atoms with Crippen molar-refractivity contribution in [2.45, 2.75) is 64.1 Å². The lowest BCUT2D eigenvalue weighted by Gasteiger charge is -2.34. The number of hydrogen-bond donors (Lipinski definition) is 1. The van der Waals surface area contributed by atoms with Crippen molar-refractivity contribution in [1.29, 1.82) is 0 Å². The summed E-state index contributed by atoms with van der Waals surface area (Å²) in [5.41, 5.74) is 2.96. The van der Waals surface area contributed by atoms with Gasteiger partial charge in [-0.2, -0.15) is 0 Å². The van der Waals surface area contributed by atoms with Crippen molar-refractivity contribution in [2.24, 2.45) is 0 Å². The van der Waals surface area contributed by atoms with Crippen LogP contribution < -0.4 is 14.4 Å². The van der Waals surface area contributed by atoms with Gasteiger partial charge in [0.15, 0.2) is 0 Å². The minimum atomic E-state index is -4.21. The van der Waals surface area contributed by atoms with Crippen molar-refractivity contribution in [3.05, 3.63) is 124 Å². The molecule has 0 spiro atoms. The second-order valence-corrected chi connectivity index (χ2v) is 14.2. The molecule has 0 radical (unpaired) electrons. The molecule has 10 heteroatoms. The van der Waals surface area contributed by atoms with E-state index in [9.17, 15) is 18.0 Å². The summed E-state index contributed by atoms with van der Waals surface area (Å²) in [4.78, 5) is 30.1. The Kier molecular flexibility index (Phi) is 12.6. The first-order valence-corrected chi connectivity index (χ1v) is 18.0. The van der Waals surface area contributed by atoms with E-state index in [2.05, 4.69) is 21.2 Å². The van der Waals surface area contributed by atoms with E-state index in [1.165, 1.54) is 17.0 Å². The van der Waals surface area contributed by atoms with E-state index in [-0.39, 0.29) is 29.8 Å². The zero-order chi connectivity index (χ0) is 34.0. The van der Waals surface area contributed by atoms with Crippen LogP contribution in [0.5, 0.6) is 5.75 Å². The number of amides is 2. The Balaban J connectivity index is 1.79. The number of anilines is 1. The Morgan fingerprint density at radius 2 is 1.49 bits per heavy atom. The first kappa shape index (κ1) is 35.7. The molecule has 0 heterocycles. The van der Waals surface area contributed by atoms with Gasteiger partial charge < -0.3 is 15.0 Å². The van der Waals surface area contributed by atoms with Gasteiger partial charge in [0.1, 0.15) is 18.3 Å². The molecule has 4 aromatic carbocycles.